The van der Waals surface area contributed by atoms with Crippen molar-refractivity contribution in [2.45, 2.75) is 12.8 Å². The molecule has 138 valence electrons. The Morgan fingerprint density at radius 3 is 1.57 bits per heavy atom. The molecule has 0 saturated carbocycles. The highest BCUT2D eigenvalue weighted by atomic mass is 32.1. The summed E-state index contributed by atoms with van der Waals surface area (Å²) < 4.78 is 12.5. The minimum atomic E-state index is -0.225. The summed E-state index contributed by atoms with van der Waals surface area (Å²) >= 11 is 1.37. The second-order valence-corrected chi connectivity index (χ2v) is 8.13. The molecular formula is C25H20O2S. The zero-order chi connectivity index (χ0) is 19.4. The van der Waals surface area contributed by atoms with E-state index in [1.165, 1.54) is 22.5 Å². The van der Waals surface area contributed by atoms with E-state index in [4.69, 9.17) is 22.3 Å². The van der Waals surface area contributed by atoms with Gasteiger partial charge < -0.3 is 9.47 Å². The summed E-state index contributed by atoms with van der Waals surface area (Å²) in [6.45, 7) is 1.03. The molecule has 0 unspecified atom stereocenters. The maximum atomic E-state index is 6.26. The Balaban J connectivity index is 1.69. The third kappa shape index (κ3) is 3.63. The van der Waals surface area contributed by atoms with Gasteiger partial charge in [0.05, 0.1) is 13.2 Å². The number of hydrogen-bond acceptors (Lipinski definition) is 3. The van der Waals surface area contributed by atoms with Gasteiger partial charge in [0.25, 0.3) is 0 Å². The van der Waals surface area contributed by atoms with Crippen molar-refractivity contribution in [2.24, 2.45) is 5.41 Å². The molecule has 0 saturated heterocycles. The minimum absolute atomic E-state index is 0.225. The fraction of sp³-hybridized carbons (Fsp3) is 0.200. The molecule has 2 aromatic carbocycles. The molecule has 3 heteroatoms. The molecule has 1 aliphatic heterocycles. The Labute approximate surface area is 170 Å². The zero-order valence-electron chi connectivity index (χ0n) is 15.5. The Kier molecular flexibility index (Phi) is 5.11. The second kappa shape index (κ2) is 7.85. The molecule has 0 atom stereocenters. The van der Waals surface area contributed by atoms with E-state index in [2.05, 4.69) is 60.4 Å². The summed E-state index contributed by atoms with van der Waals surface area (Å²) in [6, 6.07) is 20.9. The lowest BCUT2D eigenvalue weighted by atomic mass is 9.77. The first-order valence-electron chi connectivity index (χ1n) is 9.16. The summed E-state index contributed by atoms with van der Waals surface area (Å²) in [5.41, 5.74) is 2.28. The van der Waals surface area contributed by atoms with Gasteiger partial charge in [-0.3, -0.25) is 0 Å². The SMILES string of the molecule is C#Cc1sc(C#C)c2c1OCC(Cc1ccccc1)(Cc1ccccc1)CO2. The van der Waals surface area contributed by atoms with Crippen LogP contribution >= 0.6 is 11.3 Å². The van der Waals surface area contributed by atoms with E-state index in [1.54, 1.807) is 0 Å². The third-order valence-corrected chi connectivity index (χ3v) is 5.99. The molecule has 4 rings (SSSR count). The summed E-state index contributed by atoms with van der Waals surface area (Å²) in [5.74, 6) is 6.59. The average Bonchev–Trinajstić information content (AvgIpc) is 2.99. The Morgan fingerprint density at radius 2 is 1.18 bits per heavy atom. The third-order valence-electron chi connectivity index (χ3n) is 4.97. The van der Waals surface area contributed by atoms with Crippen LogP contribution in [0.15, 0.2) is 60.7 Å². The van der Waals surface area contributed by atoms with Crippen LogP contribution in [0, 0.1) is 30.1 Å². The van der Waals surface area contributed by atoms with Crippen molar-refractivity contribution < 1.29 is 9.47 Å². The Morgan fingerprint density at radius 1 is 0.750 bits per heavy atom. The van der Waals surface area contributed by atoms with E-state index in [0.717, 1.165) is 12.8 Å². The quantitative estimate of drug-likeness (QED) is 0.593. The molecule has 1 aliphatic rings. The van der Waals surface area contributed by atoms with Crippen LogP contribution in [0.1, 0.15) is 20.9 Å². The van der Waals surface area contributed by atoms with E-state index in [0.29, 0.717) is 34.5 Å². The highest BCUT2D eigenvalue weighted by Gasteiger charge is 2.37. The maximum Gasteiger partial charge on any atom is 0.189 e. The van der Waals surface area contributed by atoms with Gasteiger partial charge in [0, 0.05) is 5.41 Å². The number of ether oxygens (including phenoxy) is 2. The van der Waals surface area contributed by atoms with Crippen molar-refractivity contribution in [3.05, 3.63) is 81.5 Å². The van der Waals surface area contributed by atoms with Crippen LogP contribution in [0.2, 0.25) is 0 Å². The van der Waals surface area contributed by atoms with Gasteiger partial charge in [0.15, 0.2) is 11.5 Å². The Bertz CT molecular complexity index is 952. The van der Waals surface area contributed by atoms with Gasteiger partial charge in [-0.05, 0) is 24.0 Å². The van der Waals surface area contributed by atoms with Crippen molar-refractivity contribution in [1.82, 2.24) is 0 Å². The van der Waals surface area contributed by atoms with E-state index in [1.807, 2.05) is 12.1 Å². The second-order valence-electron chi connectivity index (χ2n) is 7.11. The smallest absolute Gasteiger partial charge is 0.189 e. The molecule has 0 bridgehead atoms. The topological polar surface area (TPSA) is 18.5 Å². The van der Waals surface area contributed by atoms with Crippen LogP contribution < -0.4 is 9.47 Å². The van der Waals surface area contributed by atoms with Gasteiger partial charge in [0.2, 0.25) is 0 Å². The largest absolute Gasteiger partial charge is 0.487 e. The van der Waals surface area contributed by atoms with Crippen molar-refractivity contribution in [3.8, 4) is 36.2 Å². The molecule has 0 spiro atoms. The standard InChI is InChI=1S/C25H20O2S/c1-3-21-23-24(22(4-2)28-21)27-18-25(17-26-23,15-19-11-7-5-8-12-19)16-20-13-9-6-10-14-20/h1-2,5-14H,15-18H2. The highest BCUT2D eigenvalue weighted by Crippen LogP contribution is 2.45. The summed E-state index contributed by atoms with van der Waals surface area (Å²) in [5, 5.41) is 0. The van der Waals surface area contributed by atoms with E-state index in [-0.39, 0.29) is 5.41 Å². The van der Waals surface area contributed by atoms with Crippen LogP contribution in [0.25, 0.3) is 0 Å². The van der Waals surface area contributed by atoms with Gasteiger partial charge in [0.1, 0.15) is 9.75 Å². The van der Waals surface area contributed by atoms with Crippen molar-refractivity contribution >= 4 is 11.3 Å². The molecule has 1 aromatic heterocycles. The fourth-order valence-corrected chi connectivity index (χ4v) is 4.48. The number of hydrogen-bond donors (Lipinski definition) is 0. The first-order chi connectivity index (χ1) is 13.7. The van der Waals surface area contributed by atoms with Gasteiger partial charge in [-0.2, -0.15) is 0 Å². The summed E-state index contributed by atoms with van der Waals surface area (Å²) in [7, 11) is 0. The molecule has 3 aromatic rings. The fourth-order valence-electron chi connectivity index (χ4n) is 3.67. The maximum absolute atomic E-state index is 6.26. The van der Waals surface area contributed by atoms with Gasteiger partial charge in [-0.15, -0.1) is 24.2 Å². The van der Waals surface area contributed by atoms with Gasteiger partial charge >= 0.3 is 0 Å². The molecule has 2 heterocycles. The molecule has 0 aliphatic carbocycles. The van der Waals surface area contributed by atoms with Crippen molar-refractivity contribution in [2.75, 3.05) is 13.2 Å². The predicted molar refractivity (Wildman–Crippen MR) is 114 cm³/mol. The van der Waals surface area contributed by atoms with Crippen LogP contribution in [-0.2, 0) is 12.8 Å². The lowest BCUT2D eigenvalue weighted by Gasteiger charge is -2.31. The van der Waals surface area contributed by atoms with Crippen LogP contribution in [-0.4, -0.2) is 13.2 Å². The zero-order valence-corrected chi connectivity index (χ0v) is 16.3. The van der Waals surface area contributed by atoms with Crippen LogP contribution in [0.4, 0.5) is 0 Å². The molecular weight excluding hydrogens is 364 g/mol. The van der Waals surface area contributed by atoms with Gasteiger partial charge in [-0.25, -0.2) is 0 Å². The van der Waals surface area contributed by atoms with Crippen LogP contribution in [0.3, 0.4) is 0 Å². The summed E-state index contributed by atoms with van der Waals surface area (Å²) in [6.07, 6.45) is 13.0. The number of fused-ring (bicyclic) bond motifs is 1. The monoisotopic (exact) mass is 384 g/mol. The molecule has 2 nitrogen and oxygen atoms in total. The number of rotatable bonds is 4. The summed E-state index contributed by atoms with van der Waals surface area (Å²) in [4.78, 5) is 1.39. The van der Waals surface area contributed by atoms with Crippen molar-refractivity contribution in [3.63, 3.8) is 0 Å². The van der Waals surface area contributed by atoms with E-state index in [9.17, 15) is 0 Å². The molecule has 0 amide bonds. The lowest BCUT2D eigenvalue weighted by Crippen LogP contribution is -2.38. The lowest BCUT2D eigenvalue weighted by molar-refractivity contribution is 0.102. The van der Waals surface area contributed by atoms with Crippen molar-refractivity contribution in [1.29, 1.82) is 0 Å². The van der Waals surface area contributed by atoms with Gasteiger partial charge in [-0.1, -0.05) is 72.5 Å². The van der Waals surface area contributed by atoms with E-state index >= 15 is 0 Å². The molecule has 0 fully saturated rings. The molecule has 0 radical (unpaired) electrons. The average molecular weight is 385 g/mol. The molecule has 0 N–H and O–H groups in total. The first kappa shape index (κ1) is 18.2. The number of terminal acetylenes is 2. The Hall–Kier alpha value is -3.14. The highest BCUT2D eigenvalue weighted by molar-refractivity contribution is 7.13. The first-order valence-corrected chi connectivity index (χ1v) is 9.98. The minimum Gasteiger partial charge on any atom is -0.487 e. The molecule has 28 heavy (non-hydrogen) atoms. The number of benzene rings is 2. The van der Waals surface area contributed by atoms with Crippen LogP contribution in [0.5, 0.6) is 11.5 Å². The normalized spacial score (nSPS) is 14.5. The number of thiophene rings is 1. The van der Waals surface area contributed by atoms with E-state index < -0.39 is 0 Å². The predicted octanol–water partition coefficient (Wildman–Crippen LogP) is 4.95.